The molecule has 0 aromatic heterocycles. The van der Waals surface area contributed by atoms with Crippen molar-refractivity contribution in [1.82, 2.24) is 0 Å². The second-order valence-corrected chi connectivity index (χ2v) is 3.21. The molecule has 0 radical (unpaired) electrons. The summed E-state index contributed by atoms with van der Waals surface area (Å²) >= 11 is 0. The molecule has 1 saturated heterocycles. The van der Waals surface area contributed by atoms with Crippen molar-refractivity contribution in [3.8, 4) is 0 Å². The Balaban J connectivity index is 2.29. The molecule has 70 valence electrons. The lowest BCUT2D eigenvalue weighted by Gasteiger charge is -2.26. The van der Waals surface area contributed by atoms with Crippen LogP contribution in [-0.4, -0.2) is 30.3 Å². The summed E-state index contributed by atoms with van der Waals surface area (Å²) in [6.45, 7) is 1.44. The lowest BCUT2D eigenvalue weighted by Crippen LogP contribution is -2.36. The molecule has 0 aromatic carbocycles. The van der Waals surface area contributed by atoms with Crippen LogP contribution in [0.25, 0.3) is 0 Å². The quantitative estimate of drug-likeness (QED) is 0.640. The molecule has 4 nitrogen and oxygen atoms in total. The first-order valence-electron chi connectivity index (χ1n) is 4.25. The second kappa shape index (κ2) is 4.42. The van der Waals surface area contributed by atoms with Gasteiger partial charge in [-0.25, -0.2) is 0 Å². The van der Waals surface area contributed by atoms with Crippen LogP contribution in [0.2, 0.25) is 0 Å². The van der Waals surface area contributed by atoms with Crippen LogP contribution in [0.1, 0.15) is 19.3 Å². The Hall–Kier alpha value is -0.610. The Kier molecular flexibility index (Phi) is 3.49. The van der Waals surface area contributed by atoms with E-state index in [9.17, 15) is 4.79 Å². The smallest absolute Gasteiger partial charge is 0.304 e. The Morgan fingerprint density at radius 2 is 2.17 bits per heavy atom. The standard InChI is InChI=1S/C8H15NO3/c9-7(5-8(10)11)6-1-3-12-4-2-6/h6-7H,1-5,9H2,(H,10,11)/t7-/m0/s1. The average molecular weight is 173 g/mol. The van der Waals surface area contributed by atoms with Crippen LogP contribution in [0.3, 0.4) is 0 Å². The number of aliphatic carboxylic acids is 1. The Morgan fingerprint density at radius 1 is 1.58 bits per heavy atom. The number of hydrogen-bond acceptors (Lipinski definition) is 3. The van der Waals surface area contributed by atoms with Gasteiger partial charge in [-0.2, -0.15) is 0 Å². The maximum absolute atomic E-state index is 10.3. The molecular formula is C8H15NO3. The fraction of sp³-hybridized carbons (Fsp3) is 0.875. The summed E-state index contributed by atoms with van der Waals surface area (Å²) in [6, 6.07) is -0.202. The van der Waals surface area contributed by atoms with Crippen LogP contribution >= 0.6 is 0 Å². The van der Waals surface area contributed by atoms with E-state index in [0.29, 0.717) is 5.92 Å². The van der Waals surface area contributed by atoms with Gasteiger partial charge in [0.25, 0.3) is 0 Å². The SMILES string of the molecule is N[C@@H](CC(=O)O)C1CCOCC1. The third kappa shape index (κ3) is 2.79. The number of hydrogen-bond donors (Lipinski definition) is 2. The number of carbonyl (C=O) groups is 1. The molecule has 0 spiro atoms. The molecule has 1 rings (SSSR count). The van der Waals surface area contributed by atoms with E-state index in [1.165, 1.54) is 0 Å². The van der Waals surface area contributed by atoms with Crippen LogP contribution in [0.5, 0.6) is 0 Å². The molecule has 0 bridgehead atoms. The van der Waals surface area contributed by atoms with E-state index in [2.05, 4.69) is 0 Å². The van der Waals surface area contributed by atoms with E-state index in [0.717, 1.165) is 26.1 Å². The van der Waals surface area contributed by atoms with Crippen molar-refractivity contribution < 1.29 is 14.6 Å². The van der Waals surface area contributed by atoms with Crippen molar-refractivity contribution in [2.75, 3.05) is 13.2 Å². The number of nitrogens with two attached hydrogens (primary N) is 1. The molecule has 4 heteroatoms. The first-order chi connectivity index (χ1) is 5.70. The van der Waals surface area contributed by atoms with E-state index in [-0.39, 0.29) is 12.5 Å². The molecule has 3 N–H and O–H groups in total. The molecule has 1 heterocycles. The maximum Gasteiger partial charge on any atom is 0.304 e. The van der Waals surface area contributed by atoms with Gasteiger partial charge in [0.2, 0.25) is 0 Å². The minimum Gasteiger partial charge on any atom is -0.481 e. The fourth-order valence-corrected chi connectivity index (χ4v) is 1.51. The minimum atomic E-state index is -0.811. The van der Waals surface area contributed by atoms with Crippen molar-refractivity contribution in [2.45, 2.75) is 25.3 Å². The van der Waals surface area contributed by atoms with E-state index in [1.807, 2.05) is 0 Å². The van der Waals surface area contributed by atoms with Gasteiger partial charge in [-0.15, -0.1) is 0 Å². The minimum absolute atomic E-state index is 0.0741. The molecular weight excluding hydrogens is 158 g/mol. The third-order valence-electron chi connectivity index (χ3n) is 2.28. The molecule has 12 heavy (non-hydrogen) atoms. The fourth-order valence-electron chi connectivity index (χ4n) is 1.51. The van der Waals surface area contributed by atoms with Crippen LogP contribution in [0.15, 0.2) is 0 Å². The molecule has 0 aromatic rings. The number of carboxylic acids is 1. The average Bonchev–Trinajstić information content (AvgIpc) is 2.05. The normalized spacial score (nSPS) is 22.1. The third-order valence-corrected chi connectivity index (χ3v) is 2.28. The Bertz CT molecular complexity index is 154. The predicted octanol–water partition coefficient (Wildman–Crippen LogP) is 0.215. The highest BCUT2D eigenvalue weighted by molar-refractivity contribution is 5.67. The molecule has 1 aliphatic rings. The van der Waals surface area contributed by atoms with E-state index < -0.39 is 5.97 Å². The topological polar surface area (TPSA) is 72.6 Å². The van der Waals surface area contributed by atoms with Gasteiger partial charge in [0.15, 0.2) is 0 Å². The largest absolute Gasteiger partial charge is 0.481 e. The van der Waals surface area contributed by atoms with Crippen molar-refractivity contribution >= 4 is 5.97 Å². The molecule has 1 atom stereocenters. The van der Waals surface area contributed by atoms with Gasteiger partial charge in [0.1, 0.15) is 0 Å². The van der Waals surface area contributed by atoms with Gasteiger partial charge in [-0.3, -0.25) is 4.79 Å². The lowest BCUT2D eigenvalue weighted by atomic mass is 9.90. The number of rotatable bonds is 3. The van der Waals surface area contributed by atoms with Crippen molar-refractivity contribution in [1.29, 1.82) is 0 Å². The van der Waals surface area contributed by atoms with E-state index in [4.69, 9.17) is 15.6 Å². The highest BCUT2D eigenvalue weighted by atomic mass is 16.5. The summed E-state index contributed by atoms with van der Waals surface area (Å²) in [5, 5.41) is 8.50. The predicted molar refractivity (Wildman–Crippen MR) is 43.8 cm³/mol. The van der Waals surface area contributed by atoms with Gasteiger partial charge in [0.05, 0.1) is 6.42 Å². The van der Waals surface area contributed by atoms with Crippen LogP contribution < -0.4 is 5.73 Å². The van der Waals surface area contributed by atoms with Gasteiger partial charge >= 0.3 is 5.97 Å². The van der Waals surface area contributed by atoms with Crippen molar-refractivity contribution in [3.05, 3.63) is 0 Å². The Morgan fingerprint density at radius 3 is 2.67 bits per heavy atom. The Labute approximate surface area is 71.7 Å². The van der Waals surface area contributed by atoms with Crippen molar-refractivity contribution in [3.63, 3.8) is 0 Å². The second-order valence-electron chi connectivity index (χ2n) is 3.21. The first kappa shape index (κ1) is 9.48. The monoisotopic (exact) mass is 173 g/mol. The van der Waals surface area contributed by atoms with Gasteiger partial charge in [-0.1, -0.05) is 0 Å². The zero-order valence-electron chi connectivity index (χ0n) is 7.03. The molecule has 1 fully saturated rings. The van der Waals surface area contributed by atoms with Crippen LogP contribution in [0, 0.1) is 5.92 Å². The number of carboxylic acid groups (broad SMARTS) is 1. The lowest BCUT2D eigenvalue weighted by molar-refractivity contribution is -0.137. The van der Waals surface area contributed by atoms with Gasteiger partial charge in [0, 0.05) is 19.3 Å². The summed E-state index contributed by atoms with van der Waals surface area (Å²) in [5.41, 5.74) is 5.71. The highest BCUT2D eigenvalue weighted by Gasteiger charge is 2.22. The summed E-state index contributed by atoms with van der Waals surface area (Å²) < 4.78 is 5.15. The molecule has 0 aliphatic carbocycles. The first-order valence-corrected chi connectivity index (χ1v) is 4.25. The van der Waals surface area contributed by atoms with E-state index in [1.54, 1.807) is 0 Å². The zero-order chi connectivity index (χ0) is 8.97. The van der Waals surface area contributed by atoms with Gasteiger partial charge in [-0.05, 0) is 18.8 Å². The summed E-state index contributed by atoms with van der Waals surface area (Å²) in [7, 11) is 0. The summed E-state index contributed by atoms with van der Waals surface area (Å²) in [6.07, 6.45) is 1.87. The maximum atomic E-state index is 10.3. The zero-order valence-corrected chi connectivity index (χ0v) is 7.03. The number of ether oxygens (including phenoxy) is 1. The summed E-state index contributed by atoms with van der Waals surface area (Å²) in [4.78, 5) is 10.3. The van der Waals surface area contributed by atoms with Crippen molar-refractivity contribution in [2.24, 2.45) is 11.7 Å². The summed E-state index contributed by atoms with van der Waals surface area (Å²) in [5.74, 6) is -0.483. The molecule has 1 aliphatic heterocycles. The molecule has 0 amide bonds. The molecule has 0 unspecified atom stereocenters. The van der Waals surface area contributed by atoms with Crippen LogP contribution in [-0.2, 0) is 9.53 Å². The van der Waals surface area contributed by atoms with Gasteiger partial charge < -0.3 is 15.6 Å². The highest BCUT2D eigenvalue weighted by Crippen LogP contribution is 2.19. The molecule has 0 saturated carbocycles. The van der Waals surface area contributed by atoms with E-state index >= 15 is 0 Å². The van der Waals surface area contributed by atoms with Crippen LogP contribution in [0.4, 0.5) is 0 Å².